The molecule has 2 N–H and O–H groups in total. The minimum Gasteiger partial charge on any atom is -0.392 e. The van der Waals surface area contributed by atoms with Crippen molar-refractivity contribution in [1.29, 1.82) is 0 Å². The Kier molecular flexibility index (Phi) is 6.20. The smallest absolute Gasteiger partial charge is 0.0901 e. The zero-order valence-electron chi connectivity index (χ0n) is 8.91. The van der Waals surface area contributed by atoms with Gasteiger partial charge in [0.1, 0.15) is 0 Å². The van der Waals surface area contributed by atoms with Gasteiger partial charge in [0.05, 0.1) is 17.6 Å². The summed E-state index contributed by atoms with van der Waals surface area (Å²) < 4.78 is 5.07. The van der Waals surface area contributed by atoms with Crippen molar-refractivity contribution < 1.29 is 4.74 Å². The lowest BCUT2D eigenvalue weighted by atomic mass is 10.1. The highest BCUT2D eigenvalue weighted by Gasteiger charge is 2.19. The second-order valence-corrected chi connectivity index (χ2v) is 3.77. The normalized spacial score (nSPS) is 15.8. The Morgan fingerprint density at radius 1 is 1.62 bits per heavy atom. The van der Waals surface area contributed by atoms with E-state index in [2.05, 4.69) is 18.7 Å². The molecule has 0 radical (unpaired) electrons. The van der Waals surface area contributed by atoms with Crippen molar-refractivity contribution in [2.24, 2.45) is 5.73 Å². The fourth-order valence-electron chi connectivity index (χ4n) is 1.36. The van der Waals surface area contributed by atoms with Gasteiger partial charge in [0, 0.05) is 13.2 Å². The topological polar surface area (TPSA) is 38.5 Å². The van der Waals surface area contributed by atoms with E-state index in [9.17, 15) is 0 Å². The molecule has 2 atom stereocenters. The molecule has 0 aliphatic rings. The summed E-state index contributed by atoms with van der Waals surface area (Å²) in [5, 5.41) is 0. The monoisotopic (exact) mass is 204 g/mol. The second-order valence-electron chi connectivity index (χ2n) is 3.30. The van der Waals surface area contributed by atoms with E-state index in [0.29, 0.717) is 17.6 Å². The van der Waals surface area contributed by atoms with Gasteiger partial charge in [0.25, 0.3) is 0 Å². The summed E-state index contributed by atoms with van der Waals surface area (Å²) >= 11 is 4.99. The zero-order chi connectivity index (χ0) is 10.4. The molecule has 0 heterocycles. The molecule has 3 nitrogen and oxygen atoms in total. The Bertz CT molecular complexity index is 164. The van der Waals surface area contributed by atoms with Crippen LogP contribution in [0.15, 0.2) is 0 Å². The summed E-state index contributed by atoms with van der Waals surface area (Å²) in [5.74, 6) is 0. The molecule has 0 bridgehead atoms. The number of hydrogen-bond donors (Lipinski definition) is 1. The van der Waals surface area contributed by atoms with E-state index in [4.69, 9.17) is 22.7 Å². The highest BCUT2D eigenvalue weighted by molar-refractivity contribution is 7.80. The lowest BCUT2D eigenvalue weighted by Crippen LogP contribution is -2.46. The van der Waals surface area contributed by atoms with Crippen molar-refractivity contribution >= 4 is 17.2 Å². The Hall–Kier alpha value is -0.190. The molecular formula is C9H20N2OS. The summed E-state index contributed by atoms with van der Waals surface area (Å²) in [6.45, 7) is 4.89. The average molecular weight is 204 g/mol. The van der Waals surface area contributed by atoms with Gasteiger partial charge in [-0.05, 0) is 20.4 Å². The van der Waals surface area contributed by atoms with Crippen molar-refractivity contribution in [3.05, 3.63) is 0 Å². The van der Waals surface area contributed by atoms with E-state index in [1.54, 1.807) is 7.11 Å². The van der Waals surface area contributed by atoms with Crippen LogP contribution in [0.5, 0.6) is 0 Å². The zero-order valence-corrected chi connectivity index (χ0v) is 9.73. The van der Waals surface area contributed by atoms with Crippen molar-refractivity contribution in [2.45, 2.75) is 32.4 Å². The van der Waals surface area contributed by atoms with Crippen LogP contribution >= 0.6 is 12.2 Å². The summed E-state index contributed by atoms with van der Waals surface area (Å²) in [6, 6.07) is 0.525. The number of likely N-dealkylation sites (N-methyl/N-ethyl adjacent to an activating group) is 1. The number of rotatable bonds is 6. The van der Waals surface area contributed by atoms with Gasteiger partial charge in [-0.15, -0.1) is 0 Å². The van der Waals surface area contributed by atoms with Crippen molar-refractivity contribution in [2.75, 3.05) is 20.8 Å². The first-order valence-electron chi connectivity index (χ1n) is 4.54. The molecule has 0 aliphatic carbocycles. The van der Waals surface area contributed by atoms with Gasteiger partial charge in [-0.1, -0.05) is 19.1 Å². The van der Waals surface area contributed by atoms with Gasteiger partial charge in [-0.2, -0.15) is 0 Å². The van der Waals surface area contributed by atoms with E-state index in [-0.39, 0.29) is 6.04 Å². The number of thiocarbonyl (C=S) groups is 1. The summed E-state index contributed by atoms with van der Waals surface area (Å²) in [5.41, 5.74) is 5.63. The van der Waals surface area contributed by atoms with Crippen LogP contribution in [0.1, 0.15) is 20.3 Å². The third kappa shape index (κ3) is 4.02. The molecule has 13 heavy (non-hydrogen) atoms. The average Bonchev–Trinajstić information content (AvgIpc) is 2.05. The lowest BCUT2D eigenvalue weighted by molar-refractivity contribution is 0.104. The van der Waals surface area contributed by atoms with E-state index in [0.717, 1.165) is 6.42 Å². The van der Waals surface area contributed by atoms with Crippen LogP contribution in [0.3, 0.4) is 0 Å². The van der Waals surface area contributed by atoms with Crippen LogP contribution in [0.4, 0.5) is 0 Å². The Labute approximate surface area is 86.2 Å². The number of ether oxygens (including phenoxy) is 1. The predicted molar refractivity (Wildman–Crippen MR) is 60.0 cm³/mol. The van der Waals surface area contributed by atoms with Crippen LogP contribution in [0.2, 0.25) is 0 Å². The molecule has 0 aromatic rings. The van der Waals surface area contributed by atoms with Crippen molar-refractivity contribution in [3.8, 4) is 0 Å². The molecular weight excluding hydrogens is 184 g/mol. The second kappa shape index (κ2) is 6.29. The van der Waals surface area contributed by atoms with Gasteiger partial charge in [0.2, 0.25) is 0 Å². The maximum Gasteiger partial charge on any atom is 0.0901 e. The number of nitrogens with zero attached hydrogens (tertiary/aromatic N) is 1. The fraction of sp³-hybridized carbons (Fsp3) is 0.889. The van der Waals surface area contributed by atoms with Gasteiger partial charge < -0.3 is 10.5 Å². The van der Waals surface area contributed by atoms with Crippen LogP contribution in [-0.2, 0) is 4.74 Å². The maximum atomic E-state index is 5.63. The van der Waals surface area contributed by atoms with Gasteiger partial charge in [-0.25, -0.2) is 0 Å². The number of hydrogen-bond acceptors (Lipinski definition) is 3. The minimum absolute atomic E-state index is 0.181. The molecule has 0 fully saturated rings. The molecule has 0 saturated heterocycles. The number of methoxy groups -OCH3 is 1. The van der Waals surface area contributed by atoms with Crippen LogP contribution in [-0.4, -0.2) is 42.7 Å². The molecule has 0 aromatic carbocycles. The van der Waals surface area contributed by atoms with Crippen molar-refractivity contribution in [3.63, 3.8) is 0 Å². The molecule has 0 saturated carbocycles. The third-order valence-electron chi connectivity index (χ3n) is 2.31. The molecule has 0 amide bonds. The summed E-state index contributed by atoms with van der Waals surface area (Å²) in [4.78, 5) is 2.72. The Morgan fingerprint density at radius 2 is 2.15 bits per heavy atom. The van der Waals surface area contributed by atoms with Gasteiger partial charge >= 0.3 is 0 Å². The largest absolute Gasteiger partial charge is 0.392 e. The SMILES string of the molecule is CCC(C(N)=S)N(C)C(C)COC. The Balaban J connectivity index is 4.18. The summed E-state index contributed by atoms with van der Waals surface area (Å²) in [6.07, 6.45) is 0.944. The molecule has 78 valence electrons. The highest BCUT2D eigenvalue weighted by atomic mass is 32.1. The third-order valence-corrected chi connectivity index (χ3v) is 2.58. The minimum atomic E-state index is 0.181. The van der Waals surface area contributed by atoms with Gasteiger partial charge in [-0.3, -0.25) is 4.90 Å². The molecule has 2 unspecified atom stereocenters. The van der Waals surface area contributed by atoms with Crippen LogP contribution < -0.4 is 5.73 Å². The lowest BCUT2D eigenvalue weighted by Gasteiger charge is -2.31. The molecule has 0 aromatic heterocycles. The quantitative estimate of drug-likeness (QED) is 0.656. The molecule has 0 aliphatic heterocycles. The van der Waals surface area contributed by atoms with E-state index in [1.807, 2.05) is 7.05 Å². The van der Waals surface area contributed by atoms with E-state index >= 15 is 0 Å². The van der Waals surface area contributed by atoms with E-state index < -0.39 is 0 Å². The van der Waals surface area contributed by atoms with Gasteiger partial charge in [0.15, 0.2) is 0 Å². The maximum absolute atomic E-state index is 5.63. The Morgan fingerprint density at radius 3 is 2.46 bits per heavy atom. The summed E-state index contributed by atoms with van der Waals surface area (Å²) in [7, 11) is 3.73. The standard InChI is InChI=1S/C9H20N2OS/c1-5-8(9(10)13)11(3)7(2)6-12-4/h7-8H,5-6H2,1-4H3,(H2,10,13). The number of nitrogens with two attached hydrogens (primary N) is 1. The van der Waals surface area contributed by atoms with Crippen molar-refractivity contribution in [1.82, 2.24) is 4.90 Å². The van der Waals surface area contributed by atoms with E-state index in [1.165, 1.54) is 0 Å². The first-order chi connectivity index (χ1) is 6.04. The fourth-order valence-corrected chi connectivity index (χ4v) is 1.69. The molecule has 0 spiro atoms. The van der Waals surface area contributed by atoms with Crippen LogP contribution in [0, 0.1) is 0 Å². The first-order valence-corrected chi connectivity index (χ1v) is 4.95. The molecule has 0 rings (SSSR count). The predicted octanol–water partition coefficient (Wildman–Crippen LogP) is 1.02. The first kappa shape index (κ1) is 12.8. The molecule has 4 heteroatoms. The highest BCUT2D eigenvalue weighted by Crippen LogP contribution is 2.07. The van der Waals surface area contributed by atoms with Crippen LogP contribution in [0.25, 0.3) is 0 Å².